The number of carbonyl (C=O) groups excluding carboxylic acids is 1. The second-order valence-corrected chi connectivity index (χ2v) is 3.84. The monoisotopic (exact) mass is 262 g/mol. The second-order valence-electron chi connectivity index (χ2n) is 3.00. The SMILES string of the molecule is CCC(=O)OCCOc1ccc(Cl)cc1Cl. The van der Waals surface area contributed by atoms with Crippen LogP contribution in [0.2, 0.25) is 10.0 Å². The van der Waals surface area contributed by atoms with E-state index in [2.05, 4.69) is 0 Å². The minimum absolute atomic E-state index is 0.214. The van der Waals surface area contributed by atoms with Crippen LogP contribution in [0.3, 0.4) is 0 Å². The third-order valence-corrected chi connectivity index (χ3v) is 2.32. The van der Waals surface area contributed by atoms with Crippen LogP contribution in [0.1, 0.15) is 13.3 Å². The second kappa shape index (κ2) is 6.61. The zero-order valence-electron chi connectivity index (χ0n) is 8.83. The third-order valence-electron chi connectivity index (χ3n) is 1.79. The van der Waals surface area contributed by atoms with Gasteiger partial charge in [0.15, 0.2) is 0 Å². The van der Waals surface area contributed by atoms with Gasteiger partial charge in [0.2, 0.25) is 0 Å². The van der Waals surface area contributed by atoms with Gasteiger partial charge in [-0.1, -0.05) is 30.1 Å². The lowest BCUT2D eigenvalue weighted by molar-refractivity contribution is -0.143. The molecule has 0 aliphatic rings. The highest BCUT2D eigenvalue weighted by Gasteiger charge is 2.03. The van der Waals surface area contributed by atoms with Crippen LogP contribution in [0.25, 0.3) is 0 Å². The Kier molecular flexibility index (Phi) is 5.43. The maximum Gasteiger partial charge on any atom is 0.305 e. The van der Waals surface area contributed by atoms with Crippen LogP contribution in [0.4, 0.5) is 0 Å². The number of carbonyl (C=O) groups is 1. The van der Waals surface area contributed by atoms with Gasteiger partial charge in [-0.3, -0.25) is 4.79 Å². The molecule has 16 heavy (non-hydrogen) atoms. The van der Waals surface area contributed by atoms with Gasteiger partial charge in [0.1, 0.15) is 19.0 Å². The molecule has 0 unspecified atom stereocenters. The van der Waals surface area contributed by atoms with Gasteiger partial charge < -0.3 is 9.47 Å². The molecule has 3 nitrogen and oxygen atoms in total. The maximum absolute atomic E-state index is 10.8. The Morgan fingerprint density at radius 2 is 2.06 bits per heavy atom. The van der Waals surface area contributed by atoms with Gasteiger partial charge in [-0.05, 0) is 18.2 Å². The molecule has 0 aliphatic heterocycles. The van der Waals surface area contributed by atoms with E-state index in [0.717, 1.165) is 0 Å². The minimum atomic E-state index is -0.245. The summed E-state index contributed by atoms with van der Waals surface area (Å²) in [7, 11) is 0. The van der Waals surface area contributed by atoms with Crippen molar-refractivity contribution < 1.29 is 14.3 Å². The molecule has 0 saturated heterocycles. The van der Waals surface area contributed by atoms with Gasteiger partial charge in [-0.15, -0.1) is 0 Å². The Bertz CT molecular complexity index is 366. The van der Waals surface area contributed by atoms with E-state index in [0.29, 0.717) is 22.2 Å². The maximum atomic E-state index is 10.8. The molecule has 1 aromatic rings. The summed E-state index contributed by atoms with van der Waals surface area (Å²) >= 11 is 11.6. The lowest BCUT2D eigenvalue weighted by atomic mass is 10.3. The quantitative estimate of drug-likeness (QED) is 0.603. The molecule has 0 spiro atoms. The van der Waals surface area contributed by atoms with Gasteiger partial charge in [-0.2, -0.15) is 0 Å². The topological polar surface area (TPSA) is 35.5 Å². The molecule has 0 fully saturated rings. The van der Waals surface area contributed by atoms with E-state index >= 15 is 0 Å². The molecule has 5 heteroatoms. The molecular weight excluding hydrogens is 251 g/mol. The zero-order chi connectivity index (χ0) is 12.0. The lowest BCUT2D eigenvalue weighted by Crippen LogP contribution is -2.11. The number of hydrogen-bond acceptors (Lipinski definition) is 3. The Balaban J connectivity index is 2.35. The highest BCUT2D eigenvalue weighted by atomic mass is 35.5. The zero-order valence-corrected chi connectivity index (χ0v) is 10.3. The Labute approximate surface area is 104 Å². The molecule has 0 bridgehead atoms. The molecule has 0 N–H and O–H groups in total. The standard InChI is InChI=1S/C11H12Cl2O3/c1-2-11(14)16-6-5-15-10-4-3-8(12)7-9(10)13/h3-4,7H,2,5-6H2,1H3. The number of benzene rings is 1. The predicted molar refractivity (Wildman–Crippen MR) is 63.2 cm³/mol. The summed E-state index contributed by atoms with van der Waals surface area (Å²) in [6, 6.07) is 4.95. The van der Waals surface area contributed by atoms with Crippen molar-refractivity contribution in [1.29, 1.82) is 0 Å². The summed E-state index contributed by atoms with van der Waals surface area (Å²) in [4.78, 5) is 10.8. The molecule has 0 amide bonds. The van der Waals surface area contributed by atoms with E-state index in [1.807, 2.05) is 0 Å². The number of hydrogen-bond donors (Lipinski definition) is 0. The fourth-order valence-corrected chi connectivity index (χ4v) is 1.46. The summed E-state index contributed by atoms with van der Waals surface area (Å²) in [6.07, 6.45) is 0.363. The van der Waals surface area contributed by atoms with Crippen molar-refractivity contribution in [2.75, 3.05) is 13.2 Å². The van der Waals surface area contributed by atoms with Crippen LogP contribution < -0.4 is 4.74 Å². The molecule has 0 aromatic heterocycles. The molecule has 0 radical (unpaired) electrons. The van der Waals surface area contributed by atoms with Gasteiger partial charge >= 0.3 is 5.97 Å². The fourth-order valence-electron chi connectivity index (χ4n) is 1.00. The number of rotatable bonds is 5. The summed E-state index contributed by atoms with van der Waals surface area (Å²) in [6.45, 7) is 2.22. The largest absolute Gasteiger partial charge is 0.488 e. The molecule has 0 saturated carbocycles. The van der Waals surface area contributed by atoms with Gasteiger partial charge in [0, 0.05) is 11.4 Å². The number of ether oxygens (including phenoxy) is 2. The highest BCUT2D eigenvalue weighted by molar-refractivity contribution is 6.35. The summed E-state index contributed by atoms with van der Waals surface area (Å²) < 4.78 is 10.2. The van der Waals surface area contributed by atoms with Crippen molar-refractivity contribution in [1.82, 2.24) is 0 Å². The summed E-state index contributed by atoms with van der Waals surface area (Å²) in [5, 5.41) is 0.990. The van der Waals surface area contributed by atoms with E-state index in [9.17, 15) is 4.79 Å². The van der Waals surface area contributed by atoms with Gasteiger partial charge in [0.05, 0.1) is 5.02 Å². The molecule has 0 atom stereocenters. The smallest absolute Gasteiger partial charge is 0.305 e. The average molecular weight is 263 g/mol. The van der Waals surface area contributed by atoms with E-state index in [4.69, 9.17) is 32.7 Å². The van der Waals surface area contributed by atoms with E-state index in [1.165, 1.54) is 0 Å². The normalized spacial score (nSPS) is 9.94. The fraction of sp³-hybridized carbons (Fsp3) is 0.364. The summed E-state index contributed by atoms with van der Waals surface area (Å²) in [5.41, 5.74) is 0. The predicted octanol–water partition coefficient (Wildman–Crippen LogP) is 3.33. The Morgan fingerprint density at radius 3 is 2.69 bits per heavy atom. The summed E-state index contributed by atoms with van der Waals surface area (Å²) in [5.74, 6) is 0.282. The van der Waals surface area contributed by atoms with E-state index in [1.54, 1.807) is 25.1 Å². The third kappa shape index (κ3) is 4.29. The van der Waals surface area contributed by atoms with E-state index < -0.39 is 0 Å². The average Bonchev–Trinajstić information content (AvgIpc) is 2.26. The van der Waals surface area contributed by atoms with Crippen molar-refractivity contribution in [3.8, 4) is 5.75 Å². The van der Waals surface area contributed by atoms with Crippen molar-refractivity contribution in [2.45, 2.75) is 13.3 Å². The van der Waals surface area contributed by atoms with Gasteiger partial charge in [-0.25, -0.2) is 0 Å². The number of esters is 1. The molecule has 88 valence electrons. The van der Waals surface area contributed by atoms with Crippen LogP contribution >= 0.6 is 23.2 Å². The minimum Gasteiger partial charge on any atom is -0.488 e. The van der Waals surface area contributed by atoms with Crippen LogP contribution in [0, 0.1) is 0 Å². The van der Waals surface area contributed by atoms with Crippen molar-refractivity contribution in [2.24, 2.45) is 0 Å². The van der Waals surface area contributed by atoms with Gasteiger partial charge in [0.25, 0.3) is 0 Å². The first-order valence-electron chi connectivity index (χ1n) is 4.87. The van der Waals surface area contributed by atoms with Crippen molar-refractivity contribution in [3.05, 3.63) is 28.2 Å². The molecule has 1 rings (SSSR count). The number of halogens is 2. The van der Waals surface area contributed by atoms with Crippen LogP contribution in [-0.4, -0.2) is 19.2 Å². The van der Waals surface area contributed by atoms with Crippen molar-refractivity contribution >= 4 is 29.2 Å². The molecule has 1 aromatic carbocycles. The molecular formula is C11H12Cl2O3. The van der Waals surface area contributed by atoms with Crippen LogP contribution in [0.15, 0.2) is 18.2 Å². The first-order valence-corrected chi connectivity index (χ1v) is 5.62. The van der Waals surface area contributed by atoms with Crippen molar-refractivity contribution in [3.63, 3.8) is 0 Å². The Morgan fingerprint density at radius 1 is 1.31 bits per heavy atom. The first kappa shape index (κ1) is 13.1. The highest BCUT2D eigenvalue weighted by Crippen LogP contribution is 2.27. The Hall–Kier alpha value is -0.930. The lowest BCUT2D eigenvalue weighted by Gasteiger charge is -2.08. The van der Waals surface area contributed by atoms with Crippen LogP contribution in [0.5, 0.6) is 5.75 Å². The van der Waals surface area contributed by atoms with Crippen LogP contribution in [-0.2, 0) is 9.53 Å². The first-order chi connectivity index (χ1) is 7.63. The molecule has 0 aliphatic carbocycles. The molecule has 0 heterocycles. The van der Waals surface area contributed by atoms with E-state index in [-0.39, 0.29) is 19.2 Å².